The quantitative estimate of drug-likeness (QED) is 0.892. The lowest BCUT2D eigenvalue weighted by atomic mass is 9.94. The van der Waals surface area contributed by atoms with E-state index in [0.717, 1.165) is 5.56 Å². The van der Waals surface area contributed by atoms with E-state index in [-0.39, 0.29) is 11.9 Å². The van der Waals surface area contributed by atoms with Gasteiger partial charge in [0.1, 0.15) is 5.82 Å². The van der Waals surface area contributed by atoms with E-state index in [9.17, 15) is 4.39 Å². The molecule has 1 saturated carbocycles. The van der Waals surface area contributed by atoms with Crippen molar-refractivity contribution >= 4 is 15.9 Å². The van der Waals surface area contributed by atoms with Gasteiger partial charge in [-0.2, -0.15) is 0 Å². The van der Waals surface area contributed by atoms with Crippen molar-refractivity contribution in [3.63, 3.8) is 0 Å². The second-order valence-electron chi connectivity index (χ2n) is 4.96. The Balaban J connectivity index is 2.04. The summed E-state index contributed by atoms with van der Waals surface area (Å²) in [5, 5.41) is 3.56. The van der Waals surface area contributed by atoms with Gasteiger partial charge >= 0.3 is 0 Å². The summed E-state index contributed by atoms with van der Waals surface area (Å²) in [7, 11) is 0. The molecule has 0 aliphatic heterocycles. The molecule has 1 atom stereocenters. The lowest BCUT2D eigenvalue weighted by Crippen LogP contribution is -2.37. The van der Waals surface area contributed by atoms with Crippen molar-refractivity contribution in [2.75, 3.05) is 6.54 Å². The molecule has 0 radical (unpaired) electrons. The maximum Gasteiger partial charge on any atom is 0.137 e. The van der Waals surface area contributed by atoms with Crippen molar-refractivity contribution in [1.82, 2.24) is 5.32 Å². The molecule has 0 spiro atoms. The first-order chi connectivity index (χ1) is 8.70. The molecule has 2 nitrogen and oxygen atoms in total. The van der Waals surface area contributed by atoms with Gasteiger partial charge in [0.2, 0.25) is 0 Å². The van der Waals surface area contributed by atoms with Crippen LogP contribution in [0, 0.1) is 5.82 Å². The molecule has 100 valence electrons. The van der Waals surface area contributed by atoms with Gasteiger partial charge in [-0.1, -0.05) is 25.3 Å². The molecule has 0 aromatic heterocycles. The third-order valence-electron chi connectivity index (χ3n) is 3.62. The first-order valence-corrected chi connectivity index (χ1v) is 7.41. The number of rotatable bonds is 4. The average molecular weight is 315 g/mol. The molecule has 18 heavy (non-hydrogen) atoms. The minimum atomic E-state index is -0.226. The zero-order valence-electron chi connectivity index (χ0n) is 10.5. The standard InChI is InChI=1S/C14H20BrFN2/c15-12-7-6-10(8-13(12)16)14(9-17)18-11-4-2-1-3-5-11/h6-8,11,14,18H,1-5,9,17H2. The number of benzene rings is 1. The average Bonchev–Trinajstić information content (AvgIpc) is 2.40. The van der Waals surface area contributed by atoms with Gasteiger partial charge in [0.25, 0.3) is 0 Å². The molecule has 4 heteroatoms. The highest BCUT2D eigenvalue weighted by Gasteiger charge is 2.18. The smallest absolute Gasteiger partial charge is 0.137 e. The van der Waals surface area contributed by atoms with E-state index >= 15 is 0 Å². The van der Waals surface area contributed by atoms with Crippen LogP contribution in [0.5, 0.6) is 0 Å². The van der Waals surface area contributed by atoms with E-state index in [2.05, 4.69) is 21.2 Å². The summed E-state index contributed by atoms with van der Waals surface area (Å²) in [6, 6.07) is 5.82. The molecular formula is C14H20BrFN2. The predicted octanol–water partition coefficient (Wildman–Crippen LogP) is 3.51. The first-order valence-electron chi connectivity index (χ1n) is 6.62. The molecule has 0 heterocycles. The zero-order chi connectivity index (χ0) is 13.0. The van der Waals surface area contributed by atoms with E-state index in [1.807, 2.05) is 6.07 Å². The topological polar surface area (TPSA) is 38.0 Å². The van der Waals surface area contributed by atoms with Crippen LogP contribution in [0.3, 0.4) is 0 Å². The lowest BCUT2D eigenvalue weighted by molar-refractivity contribution is 0.340. The maximum atomic E-state index is 13.5. The molecule has 2 rings (SSSR count). The van der Waals surface area contributed by atoms with Crippen LogP contribution in [0.25, 0.3) is 0 Å². The fraction of sp³-hybridized carbons (Fsp3) is 0.571. The summed E-state index contributed by atoms with van der Waals surface area (Å²) < 4.78 is 14.0. The second kappa shape index (κ2) is 6.64. The zero-order valence-corrected chi connectivity index (χ0v) is 12.0. The first kappa shape index (κ1) is 14.0. The fourth-order valence-electron chi connectivity index (χ4n) is 2.58. The summed E-state index contributed by atoms with van der Waals surface area (Å²) in [4.78, 5) is 0. The molecule has 1 aromatic rings. The Kier molecular flexibility index (Phi) is 5.15. The van der Waals surface area contributed by atoms with Crippen LogP contribution < -0.4 is 11.1 Å². The molecule has 3 N–H and O–H groups in total. The molecule has 1 aromatic carbocycles. The van der Waals surface area contributed by atoms with Gasteiger partial charge in [0.15, 0.2) is 0 Å². The Bertz CT molecular complexity index is 391. The van der Waals surface area contributed by atoms with E-state index in [1.165, 1.54) is 32.1 Å². The minimum Gasteiger partial charge on any atom is -0.329 e. The molecule has 0 saturated heterocycles. The van der Waals surface area contributed by atoms with Crippen molar-refractivity contribution < 1.29 is 4.39 Å². The van der Waals surface area contributed by atoms with Gasteiger partial charge in [-0.05, 0) is 46.5 Å². The normalized spacial score (nSPS) is 18.8. The largest absolute Gasteiger partial charge is 0.329 e. The number of nitrogens with two attached hydrogens (primary N) is 1. The fourth-order valence-corrected chi connectivity index (χ4v) is 2.83. The van der Waals surface area contributed by atoms with Crippen molar-refractivity contribution in [2.24, 2.45) is 5.73 Å². The highest BCUT2D eigenvalue weighted by atomic mass is 79.9. The van der Waals surface area contributed by atoms with Crippen LogP contribution in [-0.2, 0) is 0 Å². The predicted molar refractivity (Wildman–Crippen MR) is 75.9 cm³/mol. The maximum absolute atomic E-state index is 13.5. The number of halogens is 2. The molecule has 0 bridgehead atoms. The molecular weight excluding hydrogens is 295 g/mol. The monoisotopic (exact) mass is 314 g/mol. The molecule has 0 amide bonds. The van der Waals surface area contributed by atoms with Crippen LogP contribution in [0.2, 0.25) is 0 Å². The number of hydrogen-bond acceptors (Lipinski definition) is 2. The molecule has 1 aliphatic rings. The van der Waals surface area contributed by atoms with Crippen LogP contribution in [0.4, 0.5) is 4.39 Å². The van der Waals surface area contributed by atoms with E-state index in [0.29, 0.717) is 17.1 Å². The van der Waals surface area contributed by atoms with Crippen LogP contribution in [-0.4, -0.2) is 12.6 Å². The molecule has 1 aliphatic carbocycles. The van der Waals surface area contributed by atoms with Crippen molar-refractivity contribution in [1.29, 1.82) is 0 Å². The summed E-state index contributed by atoms with van der Waals surface area (Å²) >= 11 is 3.17. The van der Waals surface area contributed by atoms with Crippen molar-refractivity contribution in [2.45, 2.75) is 44.2 Å². The Morgan fingerprint density at radius 2 is 2.06 bits per heavy atom. The third kappa shape index (κ3) is 3.53. The Labute approximate surface area is 116 Å². The van der Waals surface area contributed by atoms with E-state index < -0.39 is 0 Å². The summed E-state index contributed by atoms with van der Waals surface area (Å²) in [5.41, 5.74) is 6.75. The highest BCUT2D eigenvalue weighted by molar-refractivity contribution is 9.10. The summed E-state index contributed by atoms with van der Waals surface area (Å²) in [6.45, 7) is 0.498. The van der Waals surface area contributed by atoms with Gasteiger partial charge in [0.05, 0.1) is 4.47 Å². The Hall–Kier alpha value is -0.450. The number of nitrogens with one attached hydrogen (secondary N) is 1. The second-order valence-corrected chi connectivity index (χ2v) is 5.82. The van der Waals surface area contributed by atoms with Crippen molar-refractivity contribution in [3.05, 3.63) is 34.1 Å². The van der Waals surface area contributed by atoms with E-state index in [1.54, 1.807) is 12.1 Å². The van der Waals surface area contributed by atoms with Crippen LogP contribution in [0.1, 0.15) is 43.7 Å². The Morgan fingerprint density at radius 3 is 2.67 bits per heavy atom. The summed E-state index contributed by atoms with van der Waals surface area (Å²) in [5.74, 6) is -0.226. The molecule has 1 unspecified atom stereocenters. The Morgan fingerprint density at radius 1 is 1.33 bits per heavy atom. The third-order valence-corrected chi connectivity index (χ3v) is 4.27. The van der Waals surface area contributed by atoms with Gasteiger partial charge in [0, 0.05) is 18.6 Å². The minimum absolute atomic E-state index is 0.0516. The van der Waals surface area contributed by atoms with Crippen LogP contribution in [0.15, 0.2) is 22.7 Å². The van der Waals surface area contributed by atoms with Gasteiger partial charge in [-0.25, -0.2) is 4.39 Å². The highest BCUT2D eigenvalue weighted by Crippen LogP contribution is 2.23. The molecule has 1 fully saturated rings. The van der Waals surface area contributed by atoms with E-state index in [4.69, 9.17) is 5.73 Å². The summed E-state index contributed by atoms with van der Waals surface area (Å²) in [6.07, 6.45) is 6.30. The van der Waals surface area contributed by atoms with Crippen LogP contribution >= 0.6 is 15.9 Å². The lowest BCUT2D eigenvalue weighted by Gasteiger charge is -2.28. The number of hydrogen-bond donors (Lipinski definition) is 2. The SMILES string of the molecule is NCC(NC1CCCCC1)c1ccc(Br)c(F)c1. The van der Waals surface area contributed by atoms with Gasteiger partial charge in [-0.15, -0.1) is 0 Å². The van der Waals surface area contributed by atoms with Crippen molar-refractivity contribution in [3.8, 4) is 0 Å². The van der Waals surface area contributed by atoms with Gasteiger partial charge < -0.3 is 11.1 Å². The van der Waals surface area contributed by atoms with Gasteiger partial charge in [-0.3, -0.25) is 0 Å².